The number of carbonyl (C=O) groups excluding carboxylic acids is 1. The van der Waals surface area contributed by atoms with E-state index in [9.17, 15) is 4.79 Å². The van der Waals surface area contributed by atoms with E-state index in [-0.39, 0.29) is 17.7 Å². The lowest BCUT2D eigenvalue weighted by atomic mass is 10.1. The quantitative estimate of drug-likeness (QED) is 0.873. The summed E-state index contributed by atoms with van der Waals surface area (Å²) in [5.74, 6) is 0.831. The number of amides is 2. The molecule has 114 valence electrons. The molecule has 3 rings (SSSR count). The van der Waals surface area contributed by atoms with Gasteiger partial charge in [0, 0.05) is 13.2 Å². The summed E-state index contributed by atoms with van der Waals surface area (Å²) in [6.07, 6.45) is 4.25. The van der Waals surface area contributed by atoms with Gasteiger partial charge in [0.1, 0.15) is 5.75 Å². The van der Waals surface area contributed by atoms with Gasteiger partial charge in [-0.2, -0.15) is 0 Å². The summed E-state index contributed by atoms with van der Waals surface area (Å²) in [6.45, 7) is 1.40. The first-order valence-electron chi connectivity index (χ1n) is 7.54. The first-order chi connectivity index (χ1) is 10.2. The third kappa shape index (κ3) is 3.29. The van der Waals surface area contributed by atoms with Crippen molar-refractivity contribution in [3.63, 3.8) is 0 Å². The van der Waals surface area contributed by atoms with Gasteiger partial charge in [-0.15, -0.1) is 0 Å². The Morgan fingerprint density at radius 3 is 2.71 bits per heavy atom. The maximum atomic E-state index is 12.0. The van der Waals surface area contributed by atoms with E-state index in [4.69, 9.17) is 9.47 Å². The summed E-state index contributed by atoms with van der Waals surface area (Å²) in [5.41, 5.74) is 0.933. The lowest BCUT2D eigenvalue weighted by Gasteiger charge is -2.19. The van der Waals surface area contributed by atoms with Gasteiger partial charge in [-0.1, -0.05) is 12.1 Å². The Hall–Kier alpha value is -1.75. The Balaban J connectivity index is 1.54. The van der Waals surface area contributed by atoms with Crippen molar-refractivity contribution in [1.82, 2.24) is 10.6 Å². The van der Waals surface area contributed by atoms with E-state index < -0.39 is 0 Å². The van der Waals surface area contributed by atoms with Gasteiger partial charge in [-0.05, 0) is 43.4 Å². The van der Waals surface area contributed by atoms with E-state index >= 15 is 0 Å². The Morgan fingerprint density at radius 1 is 1.38 bits per heavy atom. The standard InChI is InChI=1S/C16H22N2O3/c1-20-13-6-4-12(5-7-13)16(8-9-16)18-15(19)17-11-14-3-2-10-21-14/h4-7,14H,2-3,8-11H2,1H3,(H2,17,18,19). The van der Waals surface area contributed by atoms with Crippen molar-refractivity contribution in [3.05, 3.63) is 29.8 Å². The van der Waals surface area contributed by atoms with Crippen molar-refractivity contribution in [2.75, 3.05) is 20.3 Å². The maximum Gasteiger partial charge on any atom is 0.315 e. The first kappa shape index (κ1) is 14.2. The highest BCUT2D eigenvalue weighted by molar-refractivity contribution is 5.75. The SMILES string of the molecule is COc1ccc(C2(NC(=O)NCC3CCCO3)CC2)cc1. The van der Waals surface area contributed by atoms with Crippen LogP contribution in [0.2, 0.25) is 0 Å². The Morgan fingerprint density at radius 2 is 2.14 bits per heavy atom. The van der Waals surface area contributed by atoms with Gasteiger partial charge in [0.2, 0.25) is 0 Å². The molecule has 2 amide bonds. The molecule has 0 spiro atoms. The van der Waals surface area contributed by atoms with Crippen molar-refractivity contribution >= 4 is 6.03 Å². The van der Waals surface area contributed by atoms with Crippen molar-refractivity contribution in [1.29, 1.82) is 0 Å². The van der Waals surface area contributed by atoms with Crippen molar-refractivity contribution in [2.45, 2.75) is 37.3 Å². The highest BCUT2D eigenvalue weighted by atomic mass is 16.5. The average molecular weight is 290 g/mol. The summed E-state index contributed by atoms with van der Waals surface area (Å²) in [7, 11) is 1.65. The maximum absolute atomic E-state index is 12.0. The molecule has 0 aromatic heterocycles. The molecule has 0 bridgehead atoms. The molecule has 5 nitrogen and oxygen atoms in total. The monoisotopic (exact) mass is 290 g/mol. The van der Waals surface area contributed by atoms with Crippen LogP contribution in [-0.2, 0) is 10.3 Å². The smallest absolute Gasteiger partial charge is 0.315 e. The van der Waals surface area contributed by atoms with Crippen LogP contribution in [0.5, 0.6) is 5.75 Å². The molecule has 1 heterocycles. The number of rotatable bonds is 5. The molecule has 1 aromatic carbocycles. The van der Waals surface area contributed by atoms with E-state index in [1.54, 1.807) is 7.11 Å². The van der Waals surface area contributed by atoms with E-state index in [2.05, 4.69) is 10.6 Å². The molecule has 1 aromatic rings. The molecule has 0 radical (unpaired) electrons. The molecule has 1 unspecified atom stereocenters. The Kier molecular flexibility index (Phi) is 4.01. The molecule has 5 heteroatoms. The number of benzene rings is 1. The molecule has 1 aliphatic carbocycles. The van der Waals surface area contributed by atoms with Gasteiger partial charge in [0.15, 0.2) is 0 Å². The minimum atomic E-state index is -0.202. The Bertz CT molecular complexity index is 491. The number of urea groups is 1. The topological polar surface area (TPSA) is 59.6 Å². The van der Waals surface area contributed by atoms with Crippen molar-refractivity contribution in [2.24, 2.45) is 0 Å². The highest BCUT2D eigenvalue weighted by Gasteiger charge is 2.45. The minimum absolute atomic E-state index is 0.112. The third-order valence-electron chi connectivity index (χ3n) is 4.26. The molecule has 1 saturated carbocycles. The zero-order chi connectivity index (χ0) is 14.7. The van der Waals surface area contributed by atoms with Crippen LogP contribution < -0.4 is 15.4 Å². The van der Waals surface area contributed by atoms with Gasteiger partial charge in [-0.25, -0.2) is 4.79 Å². The number of methoxy groups -OCH3 is 1. The molecular weight excluding hydrogens is 268 g/mol. The van der Waals surface area contributed by atoms with Gasteiger partial charge >= 0.3 is 6.03 Å². The molecule has 1 atom stereocenters. The predicted octanol–water partition coefficient (Wildman–Crippen LogP) is 2.16. The number of hydrogen-bond acceptors (Lipinski definition) is 3. The molecule has 2 fully saturated rings. The van der Waals surface area contributed by atoms with E-state index in [0.717, 1.165) is 43.6 Å². The van der Waals surface area contributed by atoms with Crippen LogP contribution >= 0.6 is 0 Å². The fraction of sp³-hybridized carbons (Fsp3) is 0.562. The van der Waals surface area contributed by atoms with Gasteiger partial charge in [0.05, 0.1) is 18.8 Å². The Labute approximate surface area is 125 Å². The number of hydrogen-bond donors (Lipinski definition) is 2. The fourth-order valence-electron chi connectivity index (χ4n) is 2.79. The molecule has 2 N–H and O–H groups in total. The van der Waals surface area contributed by atoms with Crippen LogP contribution in [0.1, 0.15) is 31.2 Å². The van der Waals surface area contributed by atoms with Crippen LogP contribution in [-0.4, -0.2) is 32.4 Å². The van der Waals surface area contributed by atoms with Crippen molar-refractivity contribution < 1.29 is 14.3 Å². The second-order valence-corrected chi connectivity index (χ2v) is 5.78. The van der Waals surface area contributed by atoms with Crippen LogP contribution in [0.3, 0.4) is 0 Å². The highest BCUT2D eigenvalue weighted by Crippen LogP contribution is 2.45. The lowest BCUT2D eigenvalue weighted by molar-refractivity contribution is 0.111. The van der Waals surface area contributed by atoms with E-state index in [1.807, 2.05) is 24.3 Å². The minimum Gasteiger partial charge on any atom is -0.497 e. The number of ether oxygens (including phenoxy) is 2. The summed E-state index contributed by atoms with van der Waals surface area (Å²) in [5, 5.41) is 6.01. The van der Waals surface area contributed by atoms with Crippen LogP contribution in [0, 0.1) is 0 Å². The third-order valence-corrected chi connectivity index (χ3v) is 4.26. The first-order valence-corrected chi connectivity index (χ1v) is 7.54. The summed E-state index contributed by atoms with van der Waals surface area (Å²) < 4.78 is 10.7. The molecule has 2 aliphatic rings. The van der Waals surface area contributed by atoms with Gasteiger partial charge < -0.3 is 20.1 Å². The van der Waals surface area contributed by atoms with Crippen LogP contribution in [0.15, 0.2) is 24.3 Å². The molecule has 1 saturated heterocycles. The largest absolute Gasteiger partial charge is 0.497 e. The normalized spacial score (nSPS) is 22.6. The van der Waals surface area contributed by atoms with Crippen LogP contribution in [0.4, 0.5) is 4.79 Å². The molecule has 1 aliphatic heterocycles. The lowest BCUT2D eigenvalue weighted by Crippen LogP contribution is -2.44. The predicted molar refractivity (Wildman–Crippen MR) is 79.4 cm³/mol. The fourth-order valence-corrected chi connectivity index (χ4v) is 2.79. The summed E-state index contributed by atoms with van der Waals surface area (Å²) >= 11 is 0. The summed E-state index contributed by atoms with van der Waals surface area (Å²) in [4.78, 5) is 12.0. The van der Waals surface area contributed by atoms with E-state index in [0.29, 0.717) is 6.54 Å². The zero-order valence-corrected chi connectivity index (χ0v) is 12.4. The molecule has 21 heavy (non-hydrogen) atoms. The average Bonchev–Trinajstić information content (AvgIpc) is 3.10. The number of carbonyl (C=O) groups is 1. The summed E-state index contributed by atoms with van der Waals surface area (Å²) in [6, 6.07) is 7.79. The van der Waals surface area contributed by atoms with E-state index in [1.165, 1.54) is 0 Å². The molecular formula is C16H22N2O3. The number of nitrogens with one attached hydrogen (secondary N) is 2. The van der Waals surface area contributed by atoms with Crippen molar-refractivity contribution in [3.8, 4) is 5.75 Å². The second kappa shape index (κ2) is 5.93. The van der Waals surface area contributed by atoms with Gasteiger partial charge in [0.25, 0.3) is 0 Å². The van der Waals surface area contributed by atoms with Crippen LogP contribution in [0.25, 0.3) is 0 Å². The zero-order valence-electron chi connectivity index (χ0n) is 12.4. The van der Waals surface area contributed by atoms with Gasteiger partial charge in [-0.3, -0.25) is 0 Å². The second-order valence-electron chi connectivity index (χ2n) is 5.78.